The summed E-state index contributed by atoms with van der Waals surface area (Å²) in [6.07, 6.45) is 0. The van der Waals surface area contributed by atoms with Gasteiger partial charge in [0.15, 0.2) is 0 Å². The maximum atomic E-state index is 4.32. The van der Waals surface area contributed by atoms with E-state index in [1.807, 2.05) is 24.1 Å². The van der Waals surface area contributed by atoms with Crippen molar-refractivity contribution in [1.82, 2.24) is 10.0 Å². The van der Waals surface area contributed by atoms with E-state index in [2.05, 4.69) is 18.8 Å². The van der Waals surface area contributed by atoms with Gasteiger partial charge < -0.3 is 0 Å². The van der Waals surface area contributed by atoms with Crippen molar-refractivity contribution >= 4 is 5.96 Å². The summed E-state index contributed by atoms with van der Waals surface area (Å²) in [7, 11) is 4.00. The number of aliphatic imine (C=N–C) groups is 1. The summed E-state index contributed by atoms with van der Waals surface area (Å²) in [4.78, 5) is 4.32. The van der Waals surface area contributed by atoms with Crippen LogP contribution in [0.25, 0.3) is 0 Å². The highest BCUT2D eigenvalue weighted by molar-refractivity contribution is 5.90. The molecule has 1 saturated heterocycles. The van der Waals surface area contributed by atoms with Crippen LogP contribution in [0.2, 0.25) is 0 Å². The van der Waals surface area contributed by atoms with Gasteiger partial charge in [-0.1, -0.05) is 0 Å². The first kappa shape index (κ1) is 6.39. The number of hydrazine groups is 1. The topological polar surface area (TPSA) is 18.4 Å². The van der Waals surface area contributed by atoms with E-state index in [4.69, 9.17) is 0 Å². The third-order valence-corrected chi connectivity index (χ3v) is 1.36. The number of guanidine groups is 1. The summed E-state index contributed by atoms with van der Waals surface area (Å²) < 4.78 is 0. The summed E-state index contributed by atoms with van der Waals surface area (Å²) in [5.74, 6) is 1.09. The fraction of sp³-hybridized carbons (Fsp3) is 0.833. The summed E-state index contributed by atoms with van der Waals surface area (Å²) >= 11 is 0. The van der Waals surface area contributed by atoms with Crippen molar-refractivity contribution < 1.29 is 0 Å². The van der Waals surface area contributed by atoms with E-state index < -0.39 is 0 Å². The predicted molar refractivity (Wildman–Crippen MR) is 38.1 cm³/mol. The molecular formula is C6H13N3. The van der Waals surface area contributed by atoms with Crippen molar-refractivity contribution in [2.45, 2.75) is 19.9 Å². The number of nitrogens with zero attached hydrogens (tertiary/aromatic N) is 3. The summed E-state index contributed by atoms with van der Waals surface area (Å²) in [5, 5.41) is 4.03. The molecule has 0 aromatic carbocycles. The molecule has 1 heterocycles. The molecule has 9 heavy (non-hydrogen) atoms. The van der Waals surface area contributed by atoms with E-state index in [-0.39, 0.29) is 0 Å². The van der Waals surface area contributed by atoms with Crippen LogP contribution in [0.4, 0.5) is 0 Å². The van der Waals surface area contributed by atoms with Crippen LogP contribution in [0.3, 0.4) is 0 Å². The van der Waals surface area contributed by atoms with Gasteiger partial charge >= 0.3 is 0 Å². The van der Waals surface area contributed by atoms with Crippen LogP contribution >= 0.6 is 0 Å². The molecule has 3 heteroatoms. The van der Waals surface area contributed by atoms with Crippen molar-refractivity contribution in [1.29, 1.82) is 0 Å². The van der Waals surface area contributed by atoms with Crippen molar-refractivity contribution in [2.24, 2.45) is 4.99 Å². The number of hydrogen-bond acceptors (Lipinski definition) is 1. The molecule has 52 valence electrons. The Balaban J connectivity index is 2.47. The molecule has 1 rings (SSSR count). The van der Waals surface area contributed by atoms with E-state index >= 15 is 0 Å². The van der Waals surface area contributed by atoms with Crippen LogP contribution in [0, 0.1) is 0 Å². The summed E-state index contributed by atoms with van der Waals surface area (Å²) in [5.41, 5.74) is 0. The molecule has 0 N–H and O–H groups in total. The monoisotopic (exact) mass is 127 g/mol. The molecule has 0 radical (unpaired) electrons. The van der Waals surface area contributed by atoms with Crippen molar-refractivity contribution in [3.8, 4) is 0 Å². The molecule has 0 saturated carbocycles. The minimum atomic E-state index is 0.410. The van der Waals surface area contributed by atoms with Gasteiger partial charge in [-0.05, 0) is 13.8 Å². The molecule has 0 amide bonds. The summed E-state index contributed by atoms with van der Waals surface area (Å²) in [6, 6.07) is 0.410. The highest BCUT2D eigenvalue weighted by Gasteiger charge is 2.30. The minimum Gasteiger partial charge on any atom is -0.253 e. The van der Waals surface area contributed by atoms with Crippen LogP contribution in [0.5, 0.6) is 0 Å². The smallest absolute Gasteiger partial charge is 0.234 e. The van der Waals surface area contributed by atoms with Gasteiger partial charge in [-0.15, -0.1) is 0 Å². The van der Waals surface area contributed by atoms with E-state index in [1.165, 1.54) is 0 Å². The SMILES string of the molecule is CC(C)N=C1N(C)N1C. The standard InChI is InChI=1S/C6H13N3/c1-5(2)7-6-8(3)9(6)4/h5H,1-4H3. The largest absolute Gasteiger partial charge is 0.253 e. The molecular weight excluding hydrogens is 114 g/mol. The van der Waals surface area contributed by atoms with Gasteiger partial charge in [-0.3, -0.25) is 10.0 Å². The Hall–Kier alpha value is -0.730. The Morgan fingerprint density at radius 3 is 1.78 bits per heavy atom. The molecule has 0 bridgehead atoms. The van der Waals surface area contributed by atoms with Crippen LogP contribution < -0.4 is 0 Å². The van der Waals surface area contributed by atoms with Gasteiger partial charge in [0, 0.05) is 20.1 Å². The van der Waals surface area contributed by atoms with Gasteiger partial charge in [0.1, 0.15) is 0 Å². The van der Waals surface area contributed by atoms with Crippen LogP contribution in [-0.2, 0) is 0 Å². The zero-order valence-corrected chi connectivity index (χ0v) is 6.42. The molecule has 3 nitrogen and oxygen atoms in total. The Morgan fingerprint density at radius 2 is 1.67 bits per heavy atom. The van der Waals surface area contributed by atoms with Gasteiger partial charge in [0.25, 0.3) is 0 Å². The maximum absolute atomic E-state index is 4.32. The Labute approximate surface area is 55.9 Å². The average Bonchev–Trinajstić information content (AvgIpc) is 2.22. The lowest BCUT2D eigenvalue weighted by atomic mass is 10.4. The zero-order chi connectivity index (χ0) is 7.02. The van der Waals surface area contributed by atoms with Crippen LogP contribution in [0.1, 0.15) is 13.8 Å². The van der Waals surface area contributed by atoms with Gasteiger partial charge in [-0.2, -0.15) is 0 Å². The third-order valence-electron chi connectivity index (χ3n) is 1.36. The number of rotatable bonds is 1. The second-order valence-electron chi connectivity index (χ2n) is 2.57. The van der Waals surface area contributed by atoms with Crippen LogP contribution in [-0.4, -0.2) is 36.1 Å². The van der Waals surface area contributed by atoms with Crippen molar-refractivity contribution in [2.75, 3.05) is 14.1 Å². The zero-order valence-electron chi connectivity index (χ0n) is 6.42. The van der Waals surface area contributed by atoms with E-state index in [1.54, 1.807) is 0 Å². The highest BCUT2D eigenvalue weighted by atomic mass is 15.8. The third kappa shape index (κ3) is 1.15. The Kier molecular flexibility index (Phi) is 1.35. The molecule has 1 fully saturated rings. The molecule has 0 atom stereocenters. The van der Waals surface area contributed by atoms with Crippen molar-refractivity contribution in [3.05, 3.63) is 0 Å². The van der Waals surface area contributed by atoms with E-state index in [9.17, 15) is 0 Å². The molecule has 0 spiro atoms. The molecule has 0 aliphatic carbocycles. The molecule has 0 aromatic heterocycles. The van der Waals surface area contributed by atoms with Gasteiger partial charge in [-0.25, -0.2) is 4.99 Å². The summed E-state index contributed by atoms with van der Waals surface area (Å²) in [6.45, 7) is 4.15. The quantitative estimate of drug-likeness (QED) is 0.479. The Morgan fingerprint density at radius 1 is 1.22 bits per heavy atom. The van der Waals surface area contributed by atoms with E-state index in [0.717, 1.165) is 5.96 Å². The molecule has 0 aromatic rings. The van der Waals surface area contributed by atoms with E-state index in [0.29, 0.717) is 6.04 Å². The fourth-order valence-corrected chi connectivity index (χ4v) is 0.699. The van der Waals surface area contributed by atoms with Gasteiger partial charge in [0.05, 0.1) is 0 Å². The predicted octanol–water partition coefficient (Wildman–Crippen LogP) is 0.543. The van der Waals surface area contributed by atoms with Crippen LogP contribution in [0.15, 0.2) is 4.99 Å². The first-order valence-corrected chi connectivity index (χ1v) is 3.18. The second kappa shape index (κ2) is 1.90. The molecule has 1 aliphatic heterocycles. The fourth-order valence-electron chi connectivity index (χ4n) is 0.699. The number of hydrogen-bond donors (Lipinski definition) is 0. The lowest BCUT2D eigenvalue weighted by molar-refractivity contribution is 0.412. The Bertz CT molecular complexity index is 129. The first-order chi connectivity index (χ1) is 4.13. The van der Waals surface area contributed by atoms with Gasteiger partial charge in [0.2, 0.25) is 5.96 Å². The minimum absolute atomic E-state index is 0.410. The first-order valence-electron chi connectivity index (χ1n) is 3.18. The molecule has 1 aliphatic rings. The second-order valence-corrected chi connectivity index (χ2v) is 2.57. The average molecular weight is 127 g/mol. The van der Waals surface area contributed by atoms with Crippen molar-refractivity contribution in [3.63, 3.8) is 0 Å². The lowest BCUT2D eigenvalue weighted by Gasteiger charge is -1.88. The maximum Gasteiger partial charge on any atom is 0.234 e. The normalized spacial score (nSPS) is 17.2. The highest BCUT2D eigenvalue weighted by Crippen LogP contribution is 2.13. The lowest BCUT2D eigenvalue weighted by Crippen LogP contribution is -1.92. The molecule has 0 unspecified atom stereocenters.